The van der Waals surface area contributed by atoms with Gasteiger partial charge in [0.1, 0.15) is 6.61 Å². The highest BCUT2D eigenvalue weighted by atomic mass is 16.6. The van der Waals surface area contributed by atoms with E-state index in [1.165, 1.54) is 12.2 Å². The molecular formula is C12H13NO4. The first-order valence-electron chi connectivity index (χ1n) is 5.22. The molecule has 2 rings (SSSR count). The fourth-order valence-electron chi connectivity index (χ4n) is 1.55. The largest absolute Gasteiger partial charge is 0.444 e. The predicted octanol–water partition coefficient (Wildman–Crippen LogP) is 0.832. The molecule has 0 spiro atoms. The van der Waals surface area contributed by atoms with Crippen LogP contribution < -0.4 is 0 Å². The molecule has 1 amide bonds. The molecular weight excluding hydrogens is 222 g/mol. The van der Waals surface area contributed by atoms with E-state index < -0.39 is 18.5 Å². The Hall–Kier alpha value is -1.85. The van der Waals surface area contributed by atoms with Crippen LogP contribution >= 0.6 is 0 Å². The Morgan fingerprint density at radius 2 is 1.76 bits per heavy atom. The number of nitrogens with zero attached hydrogens (tertiary/aromatic N) is 1. The number of benzene rings is 1. The van der Waals surface area contributed by atoms with Gasteiger partial charge in [-0.2, -0.15) is 0 Å². The van der Waals surface area contributed by atoms with Crippen LogP contribution in [0.3, 0.4) is 0 Å². The average Bonchev–Trinajstić information content (AvgIpc) is 2.67. The normalized spacial score (nSPS) is 22.8. The Morgan fingerprint density at radius 3 is 2.35 bits per heavy atom. The van der Waals surface area contributed by atoms with Crippen LogP contribution in [0, 0.1) is 0 Å². The third-order valence-corrected chi connectivity index (χ3v) is 2.44. The van der Waals surface area contributed by atoms with E-state index in [4.69, 9.17) is 4.74 Å². The van der Waals surface area contributed by atoms with Gasteiger partial charge in [-0.1, -0.05) is 30.3 Å². The third-order valence-electron chi connectivity index (χ3n) is 2.44. The standard InChI is InChI=1S/C12H13NO4/c14-10-6-7-11(15)13(10)12(16)17-8-9-4-2-1-3-5-9/h1-7,10-11,14-15H,8H2. The highest BCUT2D eigenvalue weighted by Crippen LogP contribution is 2.15. The Morgan fingerprint density at radius 1 is 1.18 bits per heavy atom. The smallest absolute Gasteiger partial charge is 0.414 e. The van der Waals surface area contributed by atoms with Crippen LogP contribution in [-0.4, -0.2) is 33.7 Å². The summed E-state index contributed by atoms with van der Waals surface area (Å²) >= 11 is 0. The number of aliphatic hydroxyl groups is 2. The highest BCUT2D eigenvalue weighted by molar-refractivity contribution is 5.69. The molecule has 0 aromatic heterocycles. The molecule has 2 atom stereocenters. The Labute approximate surface area is 98.5 Å². The van der Waals surface area contributed by atoms with Crippen LogP contribution in [-0.2, 0) is 11.3 Å². The maximum absolute atomic E-state index is 11.6. The Bertz CT molecular complexity index is 406. The maximum Gasteiger partial charge on any atom is 0.414 e. The Kier molecular flexibility index (Phi) is 3.41. The molecule has 1 aromatic carbocycles. The molecule has 0 aliphatic carbocycles. The van der Waals surface area contributed by atoms with Crippen molar-refractivity contribution in [2.24, 2.45) is 0 Å². The van der Waals surface area contributed by atoms with Gasteiger partial charge >= 0.3 is 6.09 Å². The van der Waals surface area contributed by atoms with Crippen LogP contribution in [0.15, 0.2) is 42.5 Å². The lowest BCUT2D eigenvalue weighted by atomic mass is 10.2. The number of ether oxygens (including phenoxy) is 1. The zero-order chi connectivity index (χ0) is 12.3. The zero-order valence-corrected chi connectivity index (χ0v) is 9.06. The van der Waals surface area contributed by atoms with Crippen LogP contribution in [0.4, 0.5) is 4.79 Å². The fourth-order valence-corrected chi connectivity index (χ4v) is 1.55. The van der Waals surface area contributed by atoms with E-state index in [0.717, 1.165) is 10.5 Å². The van der Waals surface area contributed by atoms with E-state index in [9.17, 15) is 15.0 Å². The summed E-state index contributed by atoms with van der Waals surface area (Å²) in [5.41, 5.74) is 0.844. The number of aliphatic hydroxyl groups excluding tert-OH is 2. The first kappa shape index (κ1) is 11.6. The van der Waals surface area contributed by atoms with Crippen molar-refractivity contribution in [2.45, 2.75) is 19.1 Å². The summed E-state index contributed by atoms with van der Waals surface area (Å²) < 4.78 is 4.98. The molecule has 0 bridgehead atoms. The number of carbonyl (C=O) groups is 1. The van der Waals surface area contributed by atoms with Gasteiger partial charge in [0.05, 0.1) is 0 Å². The van der Waals surface area contributed by atoms with Gasteiger partial charge in [0.15, 0.2) is 12.5 Å². The molecule has 90 valence electrons. The zero-order valence-electron chi connectivity index (χ0n) is 9.06. The van der Waals surface area contributed by atoms with E-state index in [1.54, 1.807) is 0 Å². The second-order valence-electron chi connectivity index (χ2n) is 3.66. The molecule has 1 aliphatic heterocycles. The monoisotopic (exact) mass is 235 g/mol. The van der Waals surface area contributed by atoms with Crippen molar-refractivity contribution in [3.8, 4) is 0 Å². The van der Waals surface area contributed by atoms with Gasteiger partial charge in [-0.15, -0.1) is 0 Å². The minimum atomic E-state index is -1.13. The molecule has 1 heterocycles. The second-order valence-corrected chi connectivity index (χ2v) is 3.66. The molecule has 0 radical (unpaired) electrons. The van der Waals surface area contributed by atoms with Gasteiger partial charge in [0, 0.05) is 0 Å². The molecule has 1 aliphatic rings. The molecule has 5 heteroatoms. The molecule has 1 aromatic rings. The molecule has 2 unspecified atom stereocenters. The van der Waals surface area contributed by atoms with Crippen molar-refractivity contribution < 1.29 is 19.7 Å². The number of hydrogen-bond acceptors (Lipinski definition) is 4. The predicted molar refractivity (Wildman–Crippen MR) is 59.6 cm³/mol. The van der Waals surface area contributed by atoms with E-state index in [-0.39, 0.29) is 6.61 Å². The van der Waals surface area contributed by atoms with Gasteiger partial charge in [-0.05, 0) is 17.7 Å². The van der Waals surface area contributed by atoms with Gasteiger partial charge in [0.2, 0.25) is 0 Å². The fraction of sp³-hybridized carbons (Fsp3) is 0.250. The minimum Gasteiger partial charge on any atom is -0.444 e. The molecule has 2 N–H and O–H groups in total. The molecule has 17 heavy (non-hydrogen) atoms. The van der Waals surface area contributed by atoms with Crippen molar-refractivity contribution >= 4 is 6.09 Å². The average molecular weight is 235 g/mol. The summed E-state index contributed by atoms with van der Waals surface area (Å²) in [6.45, 7) is 0.107. The SMILES string of the molecule is O=C(OCc1ccccc1)N1C(O)C=CC1O. The number of amides is 1. The van der Waals surface area contributed by atoms with Crippen molar-refractivity contribution in [1.82, 2.24) is 4.90 Å². The van der Waals surface area contributed by atoms with E-state index in [2.05, 4.69) is 0 Å². The van der Waals surface area contributed by atoms with Crippen LogP contribution in [0.1, 0.15) is 5.56 Å². The number of rotatable bonds is 2. The van der Waals surface area contributed by atoms with Gasteiger partial charge in [-0.3, -0.25) is 0 Å². The first-order chi connectivity index (χ1) is 8.18. The minimum absolute atomic E-state index is 0.107. The summed E-state index contributed by atoms with van der Waals surface area (Å²) in [4.78, 5) is 12.4. The summed E-state index contributed by atoms with van der Waals surface area (Å²) in [5, 5.41) is 18.8. The van der Waals surface area contributed by atoms with E-state index in [1.807, 2.05) is 30.3 Å². The van der Waals surface area contributed by atoms with Gasteiger partial charge < -0.3 is 14.9 Å². The lowest BCUT2D eigenvalue weighted by Gasteiger charge is -2.23. The summed E-state index contributed by atoms with van der Waals surface area (Å²) in [5.74, 6) is 0. The van der Waals surface area contributed by atoms with Crippen molar-refractivity contribution in [1.29, 1.82) is 0 Å². The highest BCUT2D eigenvalue weighted by Gasteiger charge is 2.31. The van der Waals surface area contributed by atoms with Crippen molar-refractivity contribution in [3.63, 3.8) is 0 Å². The van der Waals surface area contributed by atoms with E-state index >= 15 is 0 Å². The lowest BCUT2D eigenvalue weighted by molar-refractivity contribution is -0.0359. The molecule has 0 saturated carbocycles. The van der Waals surface area contributed by atoms with Gasteiger partial charge in [0.25, 0.3) is 0 Å². The third kappa shape index (κ3) is 2.64. The quantitative estimate of drug-likeness (QED) is 0.745. The van der Waals surface area contributed by atoms with Gasteiger partial charge in [-0.25, -0.2) is 9.69 Å². The summed E-state index contributed by atoms with van der Waals surface area (Å²) in [6.07, 6.45) is -0.358. The Balaban J connectivity index is 1.90. The summed E-state index contributed by atoms with van der Waals surface area (Å²) in [7, 11) is 0. The summed E-state index contributed by atoms with van der Waals surface area (Å²) in [6, 6.07) is 9.18. The number of carbonyl (C=O) groups excluding carboxylic acids is 1. The molecule has 0 fully saturated rings. The maximum atomic E-state index is 11.6. The lowest BCUT2D eigenvalue weighted by Crippen LogP contribution is -2.42. The molecule has 5 nitrogen and oxygen atoms in total. The second kappa shape index (κ2) is 4.99. The number of hydrogen-bond donors (Lipinski definition) is 2. The van der Waals surface area contributed by atoms with Crippen molar-refractivity contribution in [3.05, 3.63) is 48.0 Å². The van der Waals surface area contributed by atoms with Crippen LogP contribution in [0.2, 0.25) is 0 Å². The van der Waals surface area contributed by atoms with Crippen molar-refractivity contribution in [2.75, 3.05) is 0 Å². The topological polar surface area (TPSA) is 70.0 Å². The van der Waals surface area contributed by atoms with E-state index in [0.29, 0.717) is 0 Å². The van der Waals surface area contributed by atoms with Crippen LogP contribution in [0.5, 0.6) is 0 Å². The molecule has 0 saturated heterocycles. The first-order valence-corrected chi connectivity index (χ1v) is 5.22. The van der Waals surface area contributed by atoms with Crippen LogP contribution in [0.25, 0.3) is 0 Å².